The van der Waals surface area contributed by atoms with E-state index in [0.29, 0.717) is 11.8 Å². The van der Waals surface area contributed by atoms with Gasteiger partial charge < -0.3 is 20.7 Å². The lowest BCUT2D eigenvalue weighted by Gasteiger charge is -2.24. The highest BCUT2D eigenvalue weighted by Gasteiger charge is 2.26. The monoisotopic (exact) mass is 516 g/mol. The van der Waals surface area contributed by atoms with Crippen molar-refractivity contribution in [2.75, 3.05) is 37.3 Å². The summed E-state index contributed by atoms with van der Waals surface area (Å²) in [6.45, 7) is 9.17. The molecule has 3 aromatic heterocycles. The van der Waals surface area contributed by atoms with Gasteiger partial charge in [-0.3, -0.25) is 4.68 Å². The molecule has 6 rings (SSSR count). The van der Waals surface area contributed by atoms with Crippen LogP contribution >= 0.6 is 0 Å². The third-order valence-electron chi connectivity index (χ3n) is 7.49. The Morgan fingerprint density at radius 2 is 1.92 bits per heavy atom. The van der Waals surface area contributed by atoms with Gasteiger partial charge in [0.25, 0.3) is 0 Å². The van der Waals surface area contributed by atoms with Crippen LogP contribution in [0.15, 0.2) is 36.7 Å². The molecule has 200 valence electrons. The molecule has 0 saturated carbocycles. The highest BCUT2D eigenvalue weighted by Crippen LogP contribution is 2.30. The van der Waals surface area contributed by atoms with Crippen molar-refractivity contribution in [3.8, 4) is 11.4 Å². The molecule has 11 nitrogen and oxygen atoms in total. The Morgan fingerprint density at radius 3 is 2.74 bits per heavy atom. The standard InChI is InChI=1S/C27H36N10O/c1-27(2,22-10-13-36(34-22)15-14-35-11-4-5-12-35)33-26-31-24(30-25(28)32-26)19-8-9-20-18-29-37(21(20)17-19)23-7-3-6-16-38-23/h8-10,13,17-18,23H,3-7,11-12,14-16H2,1-2H3,(H3,28,30,31,32,33). The first-order chi connectivity index (χ1) is 18.4. The Bertz CT molecular complexity index is 1400. The Kier molecular flexibility index (Phi) is 6.71. The zero-order valence-electron chi connectivity index (χ0n) is 22.2. The largest absolute Gasteiger partial charge is 0.368 e. The molecule has 38 heavy (non-hydrogen) atoms. The molecular formula is C27H36N10O. The zero-order chi connectivity index (χ0) is 26.1. The maximum atomic E-state index is 6.13. The van der Waals surface area contributed by atoms with E-state index in [4.69, 9.17) is 20.6 Å². The molecule has 1 aromatic carbocycles. The lowest BCUT2D eigenvalue weighted by Crippen LogP contribution is -2.30. The average Bonchev–Trinajstić information content (AvgIpc) is 3.68. The van der Waals surface area contributed by atoms with Gasteiger partial charge in [0, 0.05) is 30.3 Å². The molecule has 0 amide bonds. The quantitative estimate of drug-likeness (QED) is 0.360. The van der Waals surface area contributed by atoms with E-state index < -0.39 is 5.54 Å². The summed E-state index contributed by atoms with van der Waals surface area (Å²) in [5.41, 5.74) is 8.37. The molecule has 4 aromatic rings. The van der Waals surface area contributed by atoms with E-state index in [2.05, 4.69) is 39.1 Å². The first-order valence-corrected chi connectivity index (χ1v) is 13.6. The molecule has 0 aliphatic carbocycles. The minimum Gasteiger partial charge on any atom is -0.368 e. The first kappa shape index (κ1) is 24.7. The van der Waals surface area contributed by atoms with Gasteiger partial charge in [0.1, 0.15) is 0 Å². The van der Waals surface area contributed by atoms with Gasteiger partial charge in [-0.25, -0.2) is 4.68 Å². The van der Waals surface area contributed by atoms with Crippen LogP contribution in [0.5, 0.6) is 0 Å². The van der Waals surface area contributed by atoms with Crippen molar-refractivity contribution in [2.24, 2.45) is 0 Å². The predicted octanol–water partition coefficient (Wildman–Crippen LogP) is 3.81. The van der Waals surface area contributed by atoms with Crippen molar-refractivity contribution in [3.63, 3.8) is 0 Å². The Hall–Kier alpha value is -3.57. The van der Waals surface area contributed by atoms with Crippen molar-refractivity contribution in [1.29, 1.82) is 0 Å². The van der Waals surface area contributed by atoms with Crippen molar-refractivity contribution in [2.45, 2.75) is 64.3 Å². The molecule has 0 bridgehead atoms. The molecule has 2 fully saturated rings. The van der Waals surface area contributed by atoms with Gasteiger partial charge in [-0.05, 0) is 71.2 Å². The second-order valence-corrected chi connectivity index (χ2v) is 10.8. The molecular weight excluding hydrogens is 480 g/mol. The fourth-order valence-electron chi connectivity index (χ4n) is 5.31. The Labute approximate surface area is 222 Å². The SMILES string of the molecule is CC(C)(Nc1nc(N)nc(-c2ccc3cnn(C4CCCCO4)c3c2)n1)c1ccn(CCN2CCCC2)n1. The van der Waals surface area contributed by atoms with Crippen LogP contribution in [0.2, 0.25) is 0 Å². The molecule has 3 N–H and O–H groups in total. The number of anilines is 2. The number of nitrogen functional groups attached to an aromatic ring is 1. The average molecular weight is 517 g/mol. The maximum Gasteiger partial charge on any atom is 0.228 e. The highest BCUT2D eigenvalue weighted by atomic mass is 16.5. The normalized spacial score (nSPS) is 18.8. The number of likely N-dealkylation sites (tertiary alicyclic amines) is 1. The highest BCUT2D eigenvalue weighted by molar-refractivity contribution is 5.83. The summed E-state index contributed by atoms with van der Waals surface area (Å²) in [6, 6.07) is 8.11. The third-order valence-corrected chi connectivity index (χ3v) is 7.49. The smallest absolute Gasteiger partial charge is 0.228 e. The van der Waals surface area contributed by atoms with E-state index in [1.807, 2.05) is 46.0 Å². The van der Waals surface area contributed by atoms with Crippen LogP contribution in [0.3, 0.4) is 0 Å². The van der Waals surface area contributed by atoms with Gasteiger partial charge in [0.2, 0.25) is 11.9 Å². The number of hydrogen-bond donors (Lipinski definition) is 2. The van der Waals surface area contributed by atoms with Crippen LogP contribution in [-0.2, 0) is 16.8 Å². The topological polar surface area (TPSA) is 125 Å². The summed E-state index contributed by atoms with van der Waals surface area (Å²) in [5, 5.41) is 13.9. The Morgan fingerprint density at radius 1 is 1.05 bits per heavy atom. The number of ether oxygens (including phenoxy) is 1. The molecule has 2 saturated heterocycles. The van der Waals surface area contributed by atoms with Crippen LogP contribution in [0.1, 0.15) is 57.9 Å². The number of rotatable bonds is 8. The van der Waals surface area contributed by atoms with Crippen molar-refractivity contribution in [1.82, 2.24) is 39.4 Å². The van der Waals surface area contributed by atoms with E-state index in [0.717, 1.165) is 61.1 Å². The molecule has 2 aliphatic heterocycles. The molecule has 5 heterocycles. The summed E-state index contributed by atoms with van der Waals surface area (Å²) in [6.07, 6.45) is 9.64. The van der Waals surface area contributed by atoms with E-state index in [9.17, 15) is 0 Å². The second-order valence-electron chi connectivity index (χ2n) is 10.8. The van der Waals surface area contributed by atoms with Crippen LogP contribution in [-0.4, -0.2) is 65.7 Å². The number of benzene rings is 1. The summed E-state index contributed by atoms with van der Waals surface area (Å²) in [5.74, 6) is 1.08. The van der Waals surface area contributed by atoms with Gasteiger partial charge >= 0.3 is 0 Å². The first-order valence-electron chi connectivity index (χ1n) is 13.6. The van der Waals surface area contributed by atoms with Crippen LogP contribution < -0.4 is 11.1 Å². The van der Waals surface area contributed by atoms with Gasteiger partial charge in [-0.2, -0.15) is 25.1 Å². The summed E-state index contributed by atoms with van der Waals surface area (Å²) < 4.78 is 9.95. The van der Waals surface area contributed by atoms with E-state index in [-0.39, 0.29) is 12.2 Å². The van der Waals surface area contributed by atoms with Gasteiger partial charge in [-0.15, -0.1) is 0 Å². The number of nitrogens with one attached hydrogen (secondary N) is 1. The van der Waals surface area contributed by atoms with Crippen molar-refractivity contribution < 1.29 is 4.74 Å². The molecule has 11 heteroatoms. The maximum absolute atomic E-state index is 6.13. The lowest BCUT2D eigenvalue weighted by atomic mass is 10.0. The van der Waals surface area contributed by atoms with E-state index >= 15 is 0 Å². The van der Waals surface area contributed by atoms with Crippen molar-refractivity contribution in [3.05, 3.63) is 42.4 Å². The minimum absolute atomic E-state index is 0.0480. The molecule has 0 spiro atoms. The second kappa shape index (κ2) is 10.3. The molecule has 1 atom stereocenters. The fraction of sp³-hybridized carbons (Fsp3) is 0.519. The van der Waals surface area contributed by atoms with Gasteiger partial charge in [0.05, 0.1) is 29.5 Å². The van der Waals surface area contributed by atoms with E-state index in [1.165, 1.54) is 25.9 Å². The van der Waals surface area contributed by atoms with E-state index in [1.54, 1.807) is 0 Å². The molecule has 0 radical (unpaired) electrons. The van der Waals surface area contributed by atoms with Crippen molar-refractivity contribution >= 4 is 22.8 Å². The predicted molar refractivity (Wildman–Crippen MR) is 146 cm³/mol. The van der Waals surface area contributed by atoms with Crippen LogP contribution in [0, 0.1) is 0 Å². The van der Waals surface area contributed by atoms with Gasteiger partial charge in [-0.1, -0.05) is 12.1 Å². The third kappa shape index (κ3) is 5.21. The lowest BCUT2D eigenvalue weighted by molar-refractivity contribution is -0.0366. The number of fused-ring (bicyclic) bond motifs is 1. The Balaban J connectivity index is 1.21. The number of aromatic nitrogens is 7. The summed E-state index contributed by atoms with van der Waals surface area (Å²) in [7, 11) is 0. The zero-order valence-corrected chi connectivity index (χ0v) is 22.2. The fourth-order valence-corrected chi connectivity index (χ4v) is 5.31. The minimum atomic E-state index is -0.509. The molecule has 1 unspecified atom stereocenters. The van der Waals surface area contributed by atoms with Gasteiger partial charge in [0.15, 0.2) is 12.1 Å². The summed E-state index contributed by atoms with van der Waals surface area (Å²) in [4.78, 5) is 16.0. The van der Waals surface area contributed by atoms with Crippen LogP contribution in [0.25, 0.3) is 22.3 Å². The molecule has 2 aliphatic rings. The van der Waals surface area contributed by atoms with Crippen LogP contribution in [0.4, 0.5) is 11.9 Å². The summed E-state index contributed by atoms with van der Waals surface area (Å²) >= 11 is 0. The number of nitrogens with two attached hydrogens (primary N) is 1. The number of hydrogen-bond acceptors (Lipinski definition) is 9. The number of nitrogens with zero attached hydrogens (tertiary/aromatic N) is 8.